The maximum absolute atomic E-state index is 10.9. The zero-order valence-electron chi connectivity index (χ0n) is 6.94. The molecular formula is C7H8N2O3S. The number of anilines is 1. The van der Waals surface area contributed by atoms with E-state index in [9.17, 15) is 9.59 Å². The van der Waals surface area contributed by atoms with E-state index in [2.05, 4.69) is 9.72 Å². The molecule has 0 saturated carbocycles. The summed E-state index contributed by atoms with van der Waals surface area (Å²) in [7, 11) is 0. The van der Waals surface area contributed by atoms with Crippen LogP contribution in [0.3, 0.4) is 0 Å². The highest BCUT2D eigenvalue weighted by molar-refractivity contribution is 7.13. The van der Waals surface area contributed by atoms with Gasteiger partial charge in [-0.1, -0.05) is 6.92 Å². The molecule has 0 aromatic carbocycles. The fourth-order valence-corrected chi connectivity index (χ4v) is 1.08. The fourth-order valence-electron chi connectivity index (χ4n) is 0.615. The number of carbonyl (C=O) groups excluding carboxylic acids is 2. The molecule has 0 atom stereocenters. The molecule has 1 rings (SSSR count). The lowest BCUT2D eigenvalue weighted by molar-refractivity contribution is -0.147. The lowest BCUT2D eigenvalue weighted by Gasteiger charge is -1.96. The Kier molecular flexibility index (Phi) is 2.97. The van der Waals surface area contributed by atoms with Crippen LogP contribution in [-0.2, 0) is 9.59 Å². The second-order valence-corrected chi connectivity index (χ2v) is 3.08. The van der Waals surface area contributed by atoms with E-state index in [4.69, 9.17) is 5.73 Å². The Morgan fingerprint density at radius 1 is 1.69 bits per heavy atom. The van der Waals surface area contributed by atoms with Gasteiger partial charge in [0, 0.05) is 6.42 Å². The first-order valence-corrected chi connectivity index (χ1v) is 4.47. The molecule has 5 nitrogen and oxygen atoms in total. The third-order valence-corrected chi connectivity index (χ3v) is 1.90. The summed E-state index contributed by atoms with van der Waals surface area (Å²) < 4.78 is 4.62. The van der Waals surface area contributed by atoms with Crippen LogP contribution in [0.2, 0.25) is 0 Å². The number of esters is 1. The standard InChI is InChI=1S/C7H8N2O3S/c1-2-4(10)6(11)12-5-3-13-7(8)9-5/h3H,2H2,1H3,(H2,8,9). The first-order chi connectivity index (χ1) is 6.13. The molecule has 1 aromatic rings. The molecule has 1 heterocycles. The maximum atomic E-state index is 10.9. The molecule has 13 heavy (non-hydrogen) atoms. The predicted molar refractivity (Wildman–Crippen MR) is 47.5 cm³/mol. The summed E-state index contributed by atoms with van der Waals surface area (Å²) in [5.41, 5.74) is 5.29. The van der Waals surface area contributed by atoms with E-state index >= 15 is 0 Å². The highest BCUT2D eigenvalue weighted by atomic mass is 32.1. The molecule has 0 amide bonds. The molecule has 0 spiro atoms. The van der Waals surface area contributed by atoms with Gasteiger partial charge in [-0.15, -0.1) is 11.3 Å². The van der Waals surface area contributed by atoms with Gasteiger partial charge in [0.25, 0.3) is 0 Å². The molecule has 0 saturated heterocycles. The molecule has 0 aliphatic rings. The monoisotopic (exact) mass is 200 g/mol. The summed E-state index contributed by atoms with van der Waals surface area (Å²) in [6.45, 7) is 1.58. The predicted octanol–water partition coefficient (Wildman–Crippen LogP) is 0.610. The number of carbonyl (C=O) groups is 2. The fraction of sp³-hybridized carbons (Fsp3) is 0.286. The number of aromatic nitrogens is 1. The summed E-state index contributed by atoms with van der Waals surface area (Å²) in [5, 5.41) is 1.77. The van der Waals surface area contributed by atoms with Crippen LogP contribution in [0.1, 0.15) is 13.3 Å². The molecule has 2 N–H and O–H groups in total. The van der Waals surface area contributed by atoms with Gasteiger partial charge in [-0.3, -0.25) is 4.79 Å². The Morgan fingerprint density at radius 2 is 2.38 bits per heavy atom. The maximum Gasteiger partial charge on any atom is 0.381 e. The van der Waals surface area contributed by atoms with Gasteiger partial charge in [0.15, 0.2) is 5.13 Å². The second-order valence-electron chi connectivity index (χ2n) is 2.19. The molecule has 0 radical (unpaired) electrons. The van der Waals surface area contributed by atoms with Crippen LogP contribution in [0.4, 0.5) is 5.13 Å². The number of rotatable bonds is 3. The van der Waals surface area contributed by atoms with Crippen LogP contribution in [0, 0.1) is 0 Å². The van der Waals surface area contributed by atoms with Gasteiger partial charge in [0.2, 0.25) is 11.7 Å². The summed E-state index contributed by atoms with van der Waals surface area (Å²) in [5.74, 6) is -1.39. The summed E-state index contributed by atoms with van der Waals surface area (Å²) >= 11 is 1.14. The third kappa shape index (κ3) is 2.51. The zero-order chi connectivity index (χ0) is 9.84. The second kappa shape index (κ2) is 3.99. The van der Waals surface area contributed by atoms with E-state index in [1.54, 1.807) is 6.92 Å². The number of ether oxygens (including phenoxy) is 1. The Balaban J connectivity index is 2.60. The SMILES string of the molecule is CCC(=O)C(=O)Oc1csc(N)n1. The molecule has 6 heteroatoms. The first kappa shape index (κ1) is 9.66. The minimum Gasteiger partial charge on any atom is -0.401 e. The van der Waals surface area contributed by atoms with Crippen molar-refractivity contribution in [2.24, 2.45) is 0 Å². The van der Waals surface area contributed by atoms with Crippen molar-refractivity contribution in [1.29, 1.82) is 0 Å². The van der Waals surface area contributed by atoms with Gasteiger partial charge >= 0.3 is 5.97 Å². The summed E-state index contributed by atoms with van der Waals surface area (Å²) in [6, 6.07) is 0. The number of nitrogens with two attached hydrogens (primary N) is 1. The molecule has 0 bridgehead atoms. The third-order valence-electron chi connectivity index (χ3n) is 1.25. The summed E-state index contributed by atoms with van der Waals surface area (Å²) in [4.78, 5) is 25.4. The Labute approximate surface area is 78.5 Å². The average Bonchev–Trinajstić information content (AvgIpc) is 2.49. The van der Waals surface area contributed by atoms with Gasteiger partial charge in [-0.2, -0.15) is 4.98 Å². The van der Waals surface area contributed by atoms with Crippen molar-refractivity contribution in [2.45, 2.75) is 13.3 Å². The Morgan fingerprint density at radius 3 is 2.85 bits per heavy atom. The normalized spacial score (nSPS) is 9.62. The molecule has 0 aliphatic heterocycles. The molecule has 0 fully saturated rings. The van der Waals surface area contributed by atoms with Crippen molar-refractivity contribution in [3.63, 3.8) is 0 Å². The molecular weight excluding hydrogens is 192 g/mol. The van der Waals surface area contributed by atoms with Crippen molar-refractivity contribution in [1.82, 2.24) is 4.98 Å². The topological polar surface area (TPSA) is 82.3 Å². The Bertz CT molecular complexity index is 334. The van der Waals surface area contributed by atoms with E-state index in [0.717, 1.165) is 11.3 Å². The minimum absolute atomic E-state index is 0.0781. The molecule has 70 valence electrons. The van der Waals surface area contributed by atoms with E-state index in [0.29, 0.717) is 5.13 Å². The lowest BCUT2D eigenvalue weighted by atomic mass is 10.3. The first-order valence-electron chi connectivity index (χ1n) is 3.59. The van der Waals surface area contributed by atoms with Crippen LogP contribution in [0.25, 0.3) is 0 Å². The van der Waals surface area contributed by atoms with Gasteiger partial charge in [0.05, 0.1) is 5.38 Å². The average molecular weight is 200 g/mol. The number of hydrogen-bond acceptors (Lipinski definition) is 6. The van der Waals surface area contributed by atoms with E-state index < -0.39 is 11.8 Å². The number of ketones is 1. The van der Waals surface area contributed by atoms with Crippen molar-refractivity contribution in [3.05, 3.63) is 5.38 Å². The minimum atomic E-state index is -0.896. The van der Waals surface area contributed by atoms with Gasteiger partial charge < -0.3 is 10.5 Å². The van der Waals surface area contributed by atoms with Crippen LogP contribution >= 0.6 is 11.3 Å². The summed E-state index contributed by atoms with van der Waals surface area (Å²) in [6.07, 6.45) is 0.123. The van der Waals surface area contributed by atoms with E-state index in [1.165, 1.54) is 5.38 Å². The highest BCUT2D eigenvalue weighted by Crippen LogP contribution is 2.17. The largest absolute Gasteiger partial charge is 0.401 e. The van der Waals surface area contributed by atoms with Crippen LogP contribution in [0.15, 0.2) is 5.38 Å². The van der Waals surface area contributed by atoms with Crippen molar-refractivity contribution in [3.8, 4) is 5.88 Å². The quantitative estimate of drug-likeness (QED) is 0.571. The van der Waals surface area contributed by atoms with Crippen molar-refractivity contribution >= 4 is 28.2 Å². The number of hydrogen-bond donors (Lipinski definition) is 1. The van der Waals surface area contributed by atoms with Crippen LogP contribution < -0.4 is 10.5 Å². The van der Waals surface area contributed by atoms with Crippen LogP contribution in [-0.4, -0.2) is 16.7 Å². The molecule has 0 aliphatic carbocycles. The van der Waals surface area contributed by atoms with E-state index in [1.807, 2.05) is 0 Å². The number of thiazole rings is 1. The lowest BCUT2D eigenvalue weighted by Crippen LogP contribution is -2.19. The zero-order valence-corrected chi connectivity index (χ0v) is 7.76. The number of Topliss-reactive ketones (excluding diaryl/α,β-unsaturated/α-hetero) is 1. The van der Waals surface area contributed by atoms with Crippen molar-refractivity contribution in [2.75, 3.05) is 5.73 Å². The number of nitrogens with zero attached hydrogens (tertiary/aromatic N) is 1. The molecule has 0 unspecified atom stereocenters. The van der Waals surface area contributed by atoms with Crippen molar-refractivity contribution < 1.29 is 14.3 Å². The highest BCUT2D eigenvalue weighted by Gasteiger charge is 2.14. The molecule has 1 aromatic heterocycles. The number of nitrogen functional groups attached to an aromatic ring is 1. The van der Waals surface area contributed by atoms with Gasteiger partial charge in [-0.05, 0) is 0 Å². The van der Waals surface area contributed by atoms with Crippen LogP contribution in [0.5, 0.6) is 5.88 Å². The van der Waals surface area contributed by atoms with Gasteiger partial charge in [-0.25, -0.2) is 4.79 Å². The Hall–Kier alpha value is -1.43. The van der Waals surface area contributed by atoms with E-state index in [-0.39, 0.29) is 12.3 Å². The smallest absolute Gasteiger partial charge is 0.381 e. The van der Waals surface area contributed by atoms with Gasteiger partial charge in [0.1, 0.15) is 0 Å².